The topological polar surface area (TPSA) is 66.5 Å². The molecule has 22 heavy (non-hydrogen) atoms. The number of nitrogens with one attached hydrogen (secondary N) is 1. The van der Waals surface area contributed by atoms with E-state index in [-0.39, 0.29) is 29.4 Å². The zero-order valence-corrected chi connectivity index (χ0v) is 14.4. The first-order chi connectivity index (χ1) is 10.4. The Kier molecular flexibility index (Phi) is 4.56. The van der Waals surface area contributed by atoms with Crippen molar-refractivity contribution in [2.24, 2.45) is 5.92 Å². The number of hydrogen-bond donors (Lipinski definition) is 1. The summed E-state index contributed by atoms with van der Waals surface area (Å²) in [4.78, 5) is 15.9. The fourth-order valence-electron chi connectivity index (χ4n) is 3.17. The fourth-order valence-corrected chi connectivity index (χ4v) is 5.80. The van der Waals surface area contributed by atoms with Crippen molar-refractivity contribution in [1.29, 1.82) is 0 Å². The van der Waals surface area contributed by atoms with Crippen LogP contribution >= 0.6 is 11.3 Å². The first kappa shape index (κ1) is 16.0. The number of carbonyl (C=O) groups excluding carboxylic acids is 1. The quantitative estimate of drug-likeness (QED) is 0.888. The van der Waals surface area contributed by atoms with Crippen LogP contribution in [-0.2, 0) is 27.6 Å². The molecule has 7 heteroatoms. The molecule has 1 aromatic rings. The summed E-state index contributed by atoms with van der Waals surface area (Å²) in [5, 5.41) is 5.07. The Balaban J connectivity index is 1.49. The van der Waals surface area contributed by atoms with Gasteiger partial charge in [0.05, 0.1) is 17.4 Å². The number of amides is 1. The molecule has 1 aromatic heterocycles. The minimum Gasteiger partial charge on any atom is -0.354 e. The van der Waals surface area contributed by atoms with E-state index >= 15 is 0 Å². The molecule has 2 aliphatic rings. The van der Waals surface area contributed by atoms with Crippen LogP contribution < -0.4 is 5.32 Å². The van der Waals surface area contributed by atoms with Crippen LogP contribution in [0.2, 0.25) is 0 Å². The summed E-state index contributed by atoms with van der Waals surface area (Å²) < 4.78 is 22.9. The molecule has 1 amide bonds. The molecule has 1 fully saturated rings. The van der Waals surface area contributed by atoms with Gasteiger partial charge in [0.1, 0.15) is 0 Å². The maximum Gasteiger partial charge on any atom is 0.224 e. The third-order valence-electron chi connectivity index (χ3n) is 4.64. The lowest BCUT2D eigenvalue weighted by Gasteiger charge is -2.32. The second kappa shape index (κ2) is 6.29. The van der Waals surface area contributed by atoms with E-state index in [9.17, 15) is 13.2 Å². The average molecular weight is 342 g/mol. The molecular weight excluding hydrogens is 320 g/mol. The molecule has 0 bridgehead atoms. The number of sulfone groups is 1. The monoisotopic (exact) mass is 342 g/mol. The molecule has 1 saturated heterocycles. The van der Waals surface area contributed by atoms with Crippen LogP contribution in [0.3, 0.4) is 0 Å². The Labute approximate surface area is 135 Å². The highest BCUT2D eigenvalue weighted by atomic mass is 32.2. The number of thiophene rings is 1. The smallest absolute Gasteiger partial charge is 0.224 e. The summed E-state index contributed by atoms with van der Waals surface area (Å²) in [6, 6.07) is 2.44. The summed E-state index contributed by atoms with van der Waals surface area (Å²) in [5.41, 5.74) is 1.40. The Morgan fingerprint density at radius 2 is 2.36 bits per heavy atom. The summed E-state index contributed by atoms with van der Waals surface area (Å²) in [7, 11) is -3.00. The highest BCUT2D eigenvalue weighted by Gasteiger charge is 2.33. The SMILES string of the molecule is C[C@H](CNC(=O)[C@H]1CCS(=O)(=O)C1)N1CCc2sccc2C1. The molecule has 0 radical (unpaired) electrons. The van der Waals surface area contributed by atoms with Gasteiger partial charge in [-0.2, -0.15) is 0 Å². The molecule has 5 nitrogen and oxygen atoms in total. The van der Waals surface area contributed by atoms with Crippen molar-refractivity contribution < 1.29 is 13.2 Å². The van der Waals surface area contributed by atoms with E-state index < -0.39 is 9.84 Å². The van der Waals surface area contributed by atoms with Crippen LogP contribution in [0.25, 0.3) is 0 Å². The third-order valence-corrected chi connectivity index (χ3v) is 7.43. The number of nitrogens with zero attached hydrogens (tertiary/aromatic N) is 1. The van der Waals surface area contributed by atoms with E-state index in [4.69, 9.17) is 0 Å². The summed E-state index contributed by atoms with van der Waals surface area (Å²) >= 11 is 1.82. The molecule has 0 saturated carbocycles. The molecular formula is C15H22N2O3S2. The summed E-state index contributed by atoms with van der Waals surface area (Å²) in [6.07, 6.45) is 1.54. The van der Waals surface area contributed by atoms with Gasteiger partial charge in [-0.3, -0.25) is 9.69 Å². The Morgan fingerprint density at radius 1 is 1.55 bits per heavy atom. The highest BCUT2D eigenvalue weighted by molar-refractivity contribution is 7.91. The number of hydrogen-bond acceptors (Lipinski definition) is 5. The second-order valence-corrected chi connectivity index (χ2v) is 9.51. The molecule has 122 valence electrons. The largest absolute Gasteiger partial charge is 0.354 e. The van der Waals surface area contributed by atoms with Crippen molar-refractivity contribution in [3.8, 4) is 0 Å². The van der Waals surface area contributed by atoms with Gasteiger partial charge in [0, 0.05) is 30.6 Å². The van der Waals surface area contributed by atoms with Crippen LogP contribution in [0.4, 0.5) is 0 Å². The van der Waals surface area contributed by atoms with Crippen LogP contribution in [-0.4, -0.2) is 49.9 Å². The number of carbonyl (C=O) groups is 1. The highest BCUT2D eigenvalue weighted by Crippen LogP contribution is 2.25. The lowest BCUT2D eigenvalue weighted by Crippen LogP contribution is -2.45. The predicted octanol–water partition coefficient (Wildman–Crippen LogP) is 1.05. The van der Waals surface area contributed by atoms with E-state index in [0.29, 0.717) is 13.0 Å². The van der Waals surface area contributed by atoms with Crippen molar-refractivity contribution in [1.82, 2.24) is 10.2 Å². The van der Waals surface area contributed by atoms with Gasteiger partial charge < -0.3 is 5.32 Å². The molecule has 1 N–H and O–H groups in total. The van der Waals surface area contributed by atoms with E-state index in [2.05, 4.69) is 28.6 Å². The van der Waals surface area contributed by atoms with Gasteiger partial charge in [-0.15, -0.1) is 11.3 Å². The van der Waals surface area contributed by atoms with E-state index in [1.807, 2.05) is 11.3 Å². The van der Waals surface area contributed by atoms with Gasteiger partial charge in [-0.05, 0) is 36.8 Å². The molecule has 2 aliphatic heterocycles. The minimum absolute atomic E-state index is 0.00912. The summed E-state index contributed by atoms with van der Waals surface area (Å²) in [5.74, 6) is -0.314. The van der Waals surface area contributed by atoms with Gasteiger partial charge in [-0.1, -0.05) is 0 Å². The first-order valence-electron chi connectivity index (χ1n) is 7.72. The zero-order chi connectivity index (χ0) is 15.7. The Morgan fingerprint density at radius 3 is 3.09 bits per heavy atom. The van der Waals surface area contributed by atoms with Gasteiger partial charge >= 0.3 is 0 Å². The lowest BCUT2D eigenvalue weighted by atomic mass is 10.1. The van der Waals surface area contributed by atoms with Gasteiger partial charge in [0.2, 0.25) is 5.91 Å². The van der Waals surface area contributed by atoms with Crippen molar-refractivity contribution >= 4 is 27.1 Å². The average Bonchev–Trinajstić information content (AvgIpc) is 3.09. The fraction of sp³-hybridized carbons (Fsp3) is 0.667. The number of fused-ring (bicyclic) bond motifs is 1. The van der Waals surface area contributed by atoms with Gasteiger partial charge in [0.15, 0.2) is 9.84 Å². The summed E-state index contributed by atoms with van der Waals surface area (Å²) in [6.45, 7) is 4.65. The Bertz CT molecular complexity index is 653. The van der Waals surface area contributed by atoms with Crippen molar-refractivity contribution in [2.75, 3.05) is 24.6 Å². The van der Waals surface area contributed by atoms with Crippen molar-refractivity contribution in [2.45, 2.75) is 32.4 Å². The third kappa shape index (κ3) is 3.52. The second-order valence-electron chi connectivity index (χ2n) is 6.28. The van der Waals surface area contributed by atoms with E-state index in [0.717, 1.165) is 19.5 Å². The first-order valence-corrected chi connectivity index (χ1v) is 10.4. The number of rotatable bonds is 4. The Hall–Kier alpha value is -0.920. The molecule has 2 atom stereocenters. The molecule has 0 aromatic carbocycles. The lowest BCUT2D eigenvalue weighted by molar-refractivity contribution is -0.124. The predicted molar refractivity (Wildman–Crippen MR) is 87.7 cm³/mol. The molecule has 0 unspecified atom stereocenters. The molecule has 3 heterocycles. The van der Waals surface area contributed by atoms with Gasteiger partial charge in [-0.25, -0.2) is 8.42 Å². The van der Waals surface area contributed by atoms with Crippen LogP contribution in [0.15, 0.2) is 11.4 Å². The van der Waals surface area contributed by atoms with Crippen LogP contribution in [0.5, 0.6) is 0 Å². The van der Waals surface area contributed by atoms with Gasteiger partial charge in [0.25, 0.3) is 0 Å². The minimum atomic E-state index is -3.00. The molecule has 0 spiro atoms. The van der Waals surface area contributed by atoms with Crippen molar-refractivity contribution in [3.63, 3.8) is 0 Å². The maximum atomic E-state index is 12.1. The van der Waals surface area contributed by atoms with Crippen LogP contribution in [0.1, 0.15) is 23.8 Å². The molecule has 0 aliphatic carbocycles. The normalized spacial score (nSPS) is 25.6. The standard InChI is InChI=1S/C15H22N2O3S2/c1-11(17-5-2-14-12(9-17)3-6-21-14)8-16-15(18)13-4-7-22(19,20)10-13/h3,6,11,13H,2,4-5,7-10H2,1H3,(H,16,18)/t11-,13+/m1/s1. The maximum absolute atomic E-state index is 12.1. The van der Waals surface area contributed by atoms with E-state index in [1.54, 1.807) is 0 Å². The van der Waals surface area contributed by atoms with E-state index in [1.165, 1.54) is 10.4 Å². The van der Waals surface area contributed by atoms with Crippen LogP contribution in [0, 0.1) is 5.92 Å². The molecule has 3 rings (SSSR count). The zero-order valence-electron chi connectivity index (χ0n) is 12.7. The van der Waals surface area contributed by atoms with Crippen molar-refractivity contribution in [3.05, 3.63) is 21.9 Å².